The van der Waals surface area contributed by atoms with Gasteiger partial charge in [-0.15, -0.1) is 11.3 Å². The second-order valence-electron chi connectivity index (χ2n) is 6.38. The second kappa shape index (κ2) is 7.23. The second-order valence-corrected chi connectivity index (χ2v) is 7.66. The van der Waals surface area contributed by atoms with Crippen molar-refractivity contribution in [2.75, 3.05) is 13.7 Å². The van der Waals surface area contributed by atoms with Crippen LogP contribution in [0.4, 0.5) is 8.78 Å². The van der Waals surface area contributed by atoms with Crippen LogP contribution in [-0.4, -0.2) is 41.4 Å². The van der Waals surface area contributed by atoms with Crippen molar-refractivity contribution in [1.82, 2.24) is 9.88 Å². The monoisotopic (exact) mass is 424 g/mol. The van der Waals surface area contributed by atoms with Gasteiger partial charge >= 0.3 is 5.97 Å². The average Bonchev–Trinajstić information content (AvgIpc) is 3.34. The summed E-state index contributed by atoms with van der Waals surface area (Å²) in [5, 5.41) is 2.00. The Morgan fingerprint density at radius 1 is 1.43 bits per heavy atom. The van der Waals surface area contributed by atoms with E-state index in [0.717, 1.165) is 6.07 Å². The van der Waals surface area contributed by atoms with Crippen molar-refractivity contribution in [1.29, 1.82) is 0 Å². The molecule has 0 amide bonds. The molecule has 0 spiro atoms. The minimum Gasteiger partial charge on any atom is -0.466 e. The maximum atomic E-state index is 14.1. The van der Waals surface area contributed by atoms with Crippen LogP contribution in [0, 0.1) is 11.6 Å². The highest BCUT2D eigenvalue weighted by Gasteiger charge is 2.41. The summed E-state index contributed by atoms with van der Waals surface area (Å²) in [6.07, 6.45) is 2.05. The topological polar surface area (TPSA) is 80.8 Å². The van der Waals surface area contributed by atoms with E-state index < -0.39 is 28.7 Å². The smallest absolute Gasteiger partial charge is 0.338 e. The van der Waals surface area contributed by atoms with Gasteiger partial charge in [0.05, 0.1) is 17.7 Å². The largest absolute Gasteiger partial charge is 0.466 e. The van der Waals surface area contributed by atoms with E-state index in [1.54, 1.807) is 11.6 Å². The van der Waals surface area contributed by atoms with E-state index >= 15 is 0 Å². The molecule has 10 heteroatoms. The van der Waals surface area contributed by atoms with Gasteiger partial charge in [0.2, 0.25) is 0 Å². The first-order valence-corrected chi connectivity index (χ1v) is 9.63. The molecule has 6 nitrogen and oxygen atoms in total. The Balaban J connectivity index is 1.95. The first-order chi connectivity index (χ1) is 13.4. The fraction of sp³-hybridized carbons (Fsp3) is 0.278. The first kappa shape index (κ1) is 19.0. The zero-order chi connectivity index (χ0) is 20.0. The first-order valence-electron chi connectivity index (χ1n) is 8.38. The summed E-state index contributed by atoms with van der Waals surface area (Å²) in [7, 11) is 1.25. The lowest BCUT2D eigenvalue weighted by Gasteiger charge is -2.31. The summed E-state index contributed by atoms with van der Waals surface area (Å²) in [5.74, 6) is -2.38. The molecule has 2 aliphatic rings. The van der Waals surface area contributed by atoms with E-state index in [1.165, 1.54) is 24.5 Å². The number of thiazole rings is 1. The van der Waals surface area contributed by atoms with E-state index in [2.05, 4.69) is 9.98 Å². The number of nitrogens with two attached hydrogens (primary N) is 1. The number of aromatic nitrogens is 1. The molecule has 28 heavy (non-hydrogen) atoms. The highest BCUT2D eigenvalue weighted by atomic mass is 35.5. The molecule has 2 aliphatic heterocycles. The Kier molecular flexibility index (Phi) is 4.90. The van der Waals surface area contributed by atoms with Crippen molar-refractivity contribution in [2.24, 2.45) is 10.7 Å². The lowest BCUT2D eigenvalue weighted by atomic mass is 9.94. The number of carbonyl (C=O) groups is 1. The van der Waals surface area contributed by atoms with E-state index in [0.29, 0.717) is 29.5 Å². The highest BCUT2D eigenvalue weighted by molar-refractivity contribution is 7.11. The molecule has 1 aromatic carbocycles. The number of aliphatic imine (C=N–C) groups is 1. The number of rotatable bonds is 3. The average molecular weight is 425 g/mol. The predicted molar refractivity (Wildman–Crippen MR) is 101 cm³/mol. The molecular formula is C18H15ClF2N4O2S. The predicted octanol–water partition coefficient (Wildman–Crippen LogP) is 3.04. The van der Waals surface area contributed by atoms with Crippen LogP contribution in [-0.2, 0) is 9.53 Å². The standard InChI is InChI=1S/C18H15ClF2N4O2S/c1-27-18(26)12-11-6-8(22)7-25(11)16(17-23-4-5-28-17)24-15(12)9-2-3-10(20)14(21)13(9)19/h2-5,8,15H,6-7,22H2,1H3/t8-,15+/m0/s1. The molecule has 0 aliphatic carbocycles. The molecule has 0 radical (unpaired) electrons. The SMILES string of the molecule is COC(=O)C1=C2C[C@H](N)CN2C(c2nccs2)=N[C@@H]1c1ccc(F)c(F)c1Cl. The van der Waals surface area contributed by atoms with Crippen LogP contribution >= 0.6 is 22.9 Å². The lowest BCUT2D eigenvalue weighted by Crippen LogP contribution is -2.36. The van der Waals surface area contributed by atoms with Gasteiger partial charge in [-0.3, -0.25) is 4.99 Å². The highest BCUT2D eigenvalue weighted by Crippen LogP contribution is 2.42. The number of carbonyl (C=O) groups excluding carboxylic acids is 1. The number of halogens is 3. The summed E-state index contributed by atoms with van der Waals surface area (Å²) in [4.78, 5) is 23.4. The summed E-state index contributed by atoms with van der Waals surface area (Å²) < 4.78 is 32.7. The van der Waals surface area contributed by atoms with E-state index in [4.69, 9.17) is 22.1 Å². The normalized spacial score (nSPS) is 21.6. The fourth-order valence-corrected chi connectivity index (χ4v) is 4.37. The van der Waals surface area contributed by atoms with Crippen LogP contribution in [0.15, 0.2) is 40.0 Å². The van der Waals surface area contributed by atoms with Crippen molar-refractivity contribution in [3.63, 3.8) is 0 Å². The molecule has 0 saturated carbocycles. The van der Waals surface area contributed by atoms with Crippen molar-refractivity contribution in [3.05, 3.63) is 62.2 Å². The molecule has 2 N–H and O–H groups in total. The number of benzene rings is 1. The van der Waals surface area contributed by atoms with Gasteiger partial charge in [-0.25, -0.2) is 18.6 Å². The summed E-state index contributed by atoms with van der Waals surface area (Å²) in [6, 6.07) is 1.09. The van der Waals surface area contributed by atoms with Crippen LogP contribution in [0.1, 0.15) is 23.0 Å². The minimum absolute atomic E-state index is 0.169. The molecule has 2 atom stereocenters. The molecule has 0 bridgehead atoms. The Bertz CT molecular complexity index is 1010. The molecule has 1 saturated heterocycles. The third-order valence-corrected chi connectivity index (χ3v) is 5.83. The van der Waals surface area contributed by atoms with Gasteiger partial charge in [-0.05, 0) is 6.07 Å². The van der Waals surface area contributed by atoms with E-state index in [-0.39, 0.29) is 17.2 Å². The molecule has 2 aromatic rings. The third kappa shape index (κ3) is 2.99. The molecule has 3 heterocycles. The number of hydrogen-bond acceptors (Lipinski definition) is 7. The number of ether oxygens (including phenoxy) is 1. The van der Waals surface area contributed by atoms with Gasteiger partial charge in [0, 0.05) is 41.8 Å². The molecule has 4 rings (SSSR count). The van der Waals surface area contributed by atoms with Crippen molar-refractivity contribution in [2.45, 2.75) is 18.5 Å². The van der Waals surface area contributed by atoms with Gasteiger partial charge in [0.15, 0.2) is 22.5 Å². The molecule has 0 unspecified atom stereocenters. The van der Waals surface area contributed by atoms with Crippen LogP contribution in [0.2, 0.25) is 5.02 Å². The Morgan fingerprint density at radius 2 is 2.21 bits per heavy atom. The number of methoxy groups -OCH3 is 1. The van der Waals surface area contributed by atoms with Gasteiger partial charge in [0.25, 0.3) is 0 Å². The van der Waals surface area contributed by atoms with E-state index in [9.17, 15) is 13.6 Å². The number of fused-ring (bicyclic) bond motifs is 1. The van der Waals surface area contributed by atoms with Crippen LogP contribution in [0.3, 0.4) is 0 Å². The van der Waals surface area contributed by atoms with Crippen LogP contribution in [0.25, 0.3) is 0 Å². The Hall–Kier alpha value is -2.36. The summed E-state index contributed by atoms with van der Waals surface area (Å²) >= 11 is 7.45. The van der Waals surface area contributed by atoms with Gasteiger partial charge in [-0.1, -0.05) is 17.7 Å². The van der Waals surface area contributed by atoms with Crippen molar-refractivity contribution >= 4 is 34.7 Å². The zero-order valence-corrected chi connectivity index (χ0v) is 16.2. The fourth-order valence-electron chi connectivity index (χ4n) is 3.47. The maximum Gasteiger partial charge on any atom is 0.338 e. The van der Waals surface area contributed by atoms with Gasteiger partial charge in [-0.2, -0.15) is 0 Å². The molecule has 1 fully saturated rings. The maximum absolute atomic E-state index is 14.1. The van der Waals surface area contributed by atoms with Crippen molar-refractivity contribution < 1.29 is 18.3 Å². The van der Waals surface area contributed by atoms with E-state index in [1.807, 2.05) is 4.90 Å². The summed E-state index contributed by atoms with van der Waals surface area (Å²) in [5.41, 5.74) is 7.15. The Labute approximate surface area is 168 Å². The van der Waals surface area contributed by atoms with Crippen LogP contribution < -0.4 is 5.73 Å². The third-order valence-electron chi connectivity index (χ3n) is 4.68. The summed E-state index contributed by atoms with van der Waals surface area (Å²) in [6.45, 7) is 0.451. The van der Waals surface area contributed by atoms with Gasteiger partial charge < -0.3 is 15.4 Å². The Morgan fingerprint density at radius 3 is 2.89 bits per heavy atom. The minimum atomic E-state index is -1.19. The lowest BCUT2D eigenvalue weighted by molar-refractivity contribution is -0.136. The number of esters is 1. The zero-order valence-electron chi connectivity index (χ0n) is 14.7. The molecule has 146 valence electrons. The molecular weight excluding hydrogens is 410 g/mol. The van der Waals surface area contributed by atoms with Crippen LogP contribution in [0.5, 0.6) is 0 Å². The number of nitrogens with zero attached hydrogens (tertiary/aromatic N) is 3. The number of amidine groups is 1. The van der Waals surface area contributed by atoms with Gasteiger partial charge in [0.1, 0.15) is 6.04 Å². The quantitative estimate of drug-likeness (QED) is 0.605. The molecule has 1 aromatic heterocycles. The number of hydrogen-bond donors (Lipinski definition) is 1. The van der Waals surface area contributed by atoms with Crippen molar-refractivity contribution in [3.8, 4) is 0 Å².